The van der Waals surface area contributed by atoms with E-state index >= 15 is 0 Å². The minimum atomic E-state index is 0.500. The largest absolute Gasteiger partial charge is 0.437 e. The predicted octanol–water partition coefficient (Wildman–Crippen LogP) is -1.22. The highest BCUT2D eigenvalue weighted by molar-refractivity contribution is 5.74. The van der Waals surface area contributed by atoms with Gasteiger partial charge in [0.05, 0.1) is 19.0 Å². The molecule has 3 heteroatoms. The second kappa shape index (κ2) is 4.12. The lowest BCUT2D eigenvalue weighted by Crippen LogP contribution is -2.87. The van der Waals surface area contributed by atoms with Gasteiger partial charge in [-0.3, -0.25) is 0 Å². The molecule has 2 fully saturated rings. The summed E-state index contributed by atoms with van der Waals surface area (Å²) in [5.74, 6) is 1.93. The highest BCUT2D eigenvalue weighted by Gasteiger charge is 2.42. The average molecular weight is 210 g/mol. The molecule has 1 saturated carbocycles. The van der Waals surface area contributed by atoms with E-state index in [1.54, 1.807) is 0 Å². The number of hydrogen-bond donors (Lipinski definition) is 2. The van der Waals surface area contributed by atoms with Gasteiger partial charge in [-0.15, -0.1) is 0 Å². The van der Waals surface area contributed by atoms with Crippen LogP contribution in [0, 0.1) is 5.92 Å². The first kappa shape index (κ1) is 9.64. The van der Waals surface area contributed by atoms with Gasteiger partial charge >= 0.3 is 5.90 Å². The summed E-state index contributed by atoms with van der Waals surface area (Å²) in [6.45, 7) is 2.54. The van der Waals surface area contributed by atoms with E-state index in [9.17, 15) is 0 Å². The second-order valence-electron chi connectivity index (χ2n) is 5.20. The molecule has 2 aliphatic heterocycles. The zero-order valence-corrected chi connectivity index (χ0v) is 9.37. The van der Waals surface area contributed by atoms with Crippen LogP contribution in [0.15, 0.2) is 0 Å². The van der Waals surface area contributed by atoms with E-state index in [0.717, 1.165) is 0 Å². The molecule has 0 radical (unpaired) electrons. The molecule has 1 saturated heterocycles. The van der Waals surface area contributed by atoms with Crippen molar-refractivity contribution in [1.82, 2.24) is 0 Å². The Hall–Kier alpha value is -0.570. The van der Waals surface area contributed by atoms with Crippen LogP contribution in [0.5, 0.6) is 0 Å². The Labute approximate surface area is 91.3 Å². The average Bonchev–Trinajstić information content (AvgIpc) is 2.74. The number of quaternary nitrogens is 1. The smallest absolute Gasteiger partial charge is 0.339 e. The third-order valence-electron chi connectivity index (χ3n) is 4.12. The summed E-state index contributed by atoms with van der Waals surface area (Å²) >= 11 is 0. The van der Waals surface area contributed by atoms with Gasteiger partial charge in [0.25, 0.3) is 0 Å². The number of nitrogens with two attached hydrogens (primary N) is 1. The maximum Gasteiger partial charge on any atom is 0.339 e. The normalized spacial score (nSPS) is 36.9. The number of ether oxygens (including phenoxy) is 1. The van der Waals surface area contributed by atoms with Crippen LogP contribution in [0.1, 0.15) is 38.5 Å². The molecule has 0 aromatic rings. The van der Waals surface area contributed by atoms with E-state index in [1.807, 2.05) is 0 Å². The minimum absolute atomic E-state index is 0.500. The Bertz CT molecular complexity index is 258. The van der Waals surface area contributed by atoms with E-state index in [1.165, 1.54) is 57.5 Å². The molecule has 0 aromatic heterocycles. The molecule has 2 heterocycles. The van der Waals surface area contributed by atoms with Crippen molar-refractivity contribution in [2.24, 2.45) is 5.92 Å². The Morgan fingerprint density at radius 3 is 2.67 bits per heavy atom. The Kier molecular flexibility index (Phi) is 2.65. The van der Waals surface area contributed by atoms with Gasteiger partial charge in [0.15, 0.2) is 12.1 Å². The molecular weight excluding hydrogens is 188 g/mol. The van der Waals surface area contributed by atoms with Crippen LogP contribution in [0.25, 0.3) is 0 Å². The zero-order chi connectivity index (χ0) is 10.1. The van der Waals surface area contributed by atoms with E-state index < -0.39 is 0 Å². The Balaban J connectivity index is 1.66. The highest BCUT2D eigenvalue weighted by atomic mass is 16.5. The van der Waals surface area contributed by atoms with Crippen molar-refractivity contribution >= 4 is 5.90 Å². The molecule has 0 bridgehead atoms. The quantitative estimate of drug-likeness (QED) is 0.559. The molecule has 2 atom stereocenters. The summed E-state index contributed by atoms with van der Waals surface area (Å²) in [7, 11) is 0. The van der Waals surface area contributed by atoms with Crippen molar-refractivity contribution in [2.45, 2.75) is 50.7 Å². The fraction of sp³-hybridized carbons (Fsp3) is 0.917. The molecule has 3 nitrogen and oxygen atoms in total. The maximum atomic E-state index is 6.10. The van der Waals surface area contributed by atoms with Crippen LogP contribution in [-0.2, 0) is 4.74 Å². The predicted molar refractivity (Wildman–Crippen MR) is 57.5 cm³/mol. The fourth-order valence-electron chi connectivity index (χ4n) is 3.19. The molecule has 0 spiro atoms. The number of fused-ring (bicyclic) bond motifs is 1. The molecule has 3 N–H and O–H groups in total. The lowest BCUT2D eigenvalue weighted by molar-refractivity contribution is -0.664. The van der Waals surface area contributed by atoms with E-state index in [2.05, 4.69) is 10.3 Å². The van der Waals surface area contributed by atoms with Crippen LogP contribution >= 0.6 is 0 Å². The molecule has 1 aliphatic carbocycles. The standard InChI is InChI=1S/C12H20N2O/c1-2-4-11-10(3-1)14-12(15-11)9-5-7-13-8-6-9/h9-11,13H,1-8H2/p+2. The van der Waals surface area contributed by atoms with Crippen LogP contribution in [0.2, 0.25) is 0 Å². The van der Waals surface area contributed by atoms with E-state index in [0.29, 0.717) is 18.1 Å². The topological polar surface area (TPSA) is 39.8 Å². The van der Waals surface area contributed by atoms with Gasteiger partial charge in [-0.05, 0) is 19.3 Å². The summed E-state index contributed by atoms with van der Waals surface area (Å²) in [5.41, 5.74) is 0. The summed E-state index contributed by atoms with van der Waals surface area (Å²) in [4.78, 5) is 3.64. The monoisotopic (exact) mass is 210 g/mol. The van der Waals surface area contributed by atoms with Gasteiger partial charge in [-0.1, -0.05) is 0 Å². The van der Waals surface area contributed by atoms with Crippen molar-refractivity contribution in [3.8, 4) is 0 Å². The van der Waals surface area contributed by atoms with Crippen molar-refractivity contribution in [2.75, 3.05) is 13.1 Å². The fourth-order valence-corrected chi connectivity index (χ4v) is 3.19. The minimum Gasteiger partial charge on any atom is -0.437 e. The first-order valence-corrected chi connectivity index (χ1v) is 6.55. The summed E-state index contributed by atoms with van der Waals surface area (Å²) in [6, 6.07) is 0.639. The molecule has 3 aliphatic rings. The third-order valence-corrected chi connectivity index (χ3v) is 4.12. The lowest BCUT2D eigenvalue weighted by atomic mass is 9.94. The second-order valence-corrected chi connectivity index (χ2v) is 5.20. The summed E-state index contributed by atoms with van der Waals surface area (Å²) in [5, 5.41) is 2.42. The Morgan fingerprint density at radius 1 is 1.07 bits per heavy atom. The molecule has 0 amide bonds. The summed E-state index contributed by atoms with van der Waals surface area (Å²) in [6.07, 6.45) is 8.40. The number of nitrogens with one attached hydrogen (secondary N) is 1. The van der Waals surface area contributed by atoms with Gasteiger partial charge < -0.3 is 10.1 Å². The number of rotatable bonds is 1. The van der Waals surface area contributed by atoms with Crippen molar-refractivity contribution in [3.63, 3.8) is 0 Å². The van der Waals surface area contributed by atoms with Crippen molar-refractivity contribution < 1.29 is 15.0 Å². The van der Waals surface area contributed by atoms with Gasteiger partial charge in [0.1, 0.15) is 0 Å². The van der Waals surface area contributed by atoms with Crippen molar-refractivity contribution in [1.29, 1.82) is 0 Å². The van der Waals surface area contributed by atoms with Crippen LogP contribution in [-0.4, -0.2) is 31.1 Å². The third kappa shape index (κ3) is 1.89. The first-order chi connectivity index (χ1) is 7.43. The number of piperidine rings is 1. The molecule has 3 rings (SSSR count). The molecule has 15 heavy (non-hydrogen) atoms. The maximum absolute atomic E-state index is 6.10. The summed E-state index contributed by atoms with van der Waals surface area (Å²) < 4.78 is 6.10. The van der Waals surface area contributed by atoms with E-state index in [-0.39, 0.29) is 0 Å². The van der Waals surface area contributed by atoms with Crippen LogP contribution < -0.4 is 10.3 Å². The van der Waals surface area contributed by atoms with Gasteiger partial charge in [0, 0.05) is 19.3 Å². The lowest BCUT2D eigenvalue weighted by Gasteiger charge is -2.20. The van der Waals surface area contributed by atoms with Gasteiger partial charge in [-0.2, -0.15) is 0 Å². The van der Waals surface area contributed by atoms with E-state index in [4.69, 9.17) is 4.74 Å². The molecular formula is C12H22N2O+2. The zero-order valence-electron chi connectivity index (χ0n) is 9.37. The highest BCUT2D eigenvalue weighted by Crippen LogP contribution is 2.23. The van der Waals surface area contributed by atoms with Crippen LogP contribution in [0.3, 0.4) is 0 Å². The van der Waals surface area contributed by atoms with Crippen molar-refractivity contribution in [3.05, 3.63) is 0 Å². The molecule has 2 unspecified atom stereocenters. The Morgan fingerprint density at radius 2 is 1.87 bits per heavy atom. The first-order valence-electron chi connectivity index (χ1n) is 6.55. The SMILES string of the molecule is C1CCC2OC(C3CC[NH2+]CC3)=[NH+]C2C1. The van der Waals surface area contributed by atoms with Gasteiger partial charge in [0.2, 0.25) is 0 Å². The number of hydrogen-bond acceptors (Lipinski definition) is 1. The molecule has 0 aromatic carbocycles. The van der Waals surface area contributed by atoms with Gasteiger partial charge in [-0.25, -0.2) is 4.99 Å². The van der Waals surface area contributed by atoms with Crippen LogP contribution in [0.4, 0.5) is 0 Å². The molecule has 84 valence electrons.